The average Bonchev–Trinajstić information content (AvgIpc) is 3.32. The van der Waals surface area contributed by atoms with Crippen LogP contribution < -0.4 is 4.74 Å². The molecule has 1 aromatic heterocycles. The van der Waals surface area contributed by atoms with Crippen molar-refractivity contribution in [1.82, 2.24) is 4.98 Å². The number of ether oxygens (including phenoxy) is 1. The average molecular weight is 426 g/mol. The van der Waals surface area contributed by atoms with Crippen LogP contribution >= 0.6 is 0 Å². The molecule has 32 heavy (non-hydrogen) atoms. The van der Waals surface area contributed by atoms with E-state index in [1.807, 2.05) is 78.9 Å². The lowest BCUT2D eigenvalue weighted by atomic mass is 9.72. The molecular formula is C28H27NO3. The Morgan fingerprint density at radius 1 is 0.906 bits per heavy atom. The van der Waals surface area contributed by atoms with Crippen molar-refractivity contribution in [2.24, 2.45) is 0 Å². The molecule has 2 unspecified atom stereocenters. The van der Waals surface area contributed by atoms with Crippen molar-refractivity contribution in [2.75, 3.05) is 7.11 Å². The standard InChI is InChI=1S/C28H27NO3/c1-31-23-16-10-15-22(19-23)24-17-8-9-18-28(24,30)27-29-25(20-11-4-2-5-12-20)26(32-27)21-13-6-3-7-14-21/h2-7,10-16,19,24,30H,8-9,17-18H2,1H3. The lowest BCUT2D eigenvalue weighted by Crippen LogP contribution is -2.36. The van der Waals surface area contributed by atoms with Crippen LogP contribution in [0.4, 0.5) is 0 Å². The van der Waals surface area contributed by atoms with Crippen molar-refractivity contribution < 1.29 is 14.3 Å². The van der Waals surface area contributed by atoms with E-state index in [1.165, 1.54) is 0 Å². The van der Waals surface area contributed by atoms with Crippen molar-refractivity contribution in [3.05, 3.63) is 96.4 Å². The van der Waals surface area contributed by atoms with Gasteiger partial charge in [0, 0.05) is 17.0 Å². The number of methoxy groups -OCH3 is 1. The smallest absolute Gasteiger partial charge is 0.228 e. The second-order valence-corrected chi connectivity index (χ2v) is 8.43. The molecule has 4 nitrogen and oxygen atoms in total. The third-order valence-electron chi connectivity index (χ3n) is 6.45. The predicted octanol–water partition coefficient (Wildman–Crippen LogP) is 6.56. The van der Waals surface area contributed by atoms with E-state index < -0.39 is 5.60 Å². The van der Waals surface area contributed by atoms with Crippen LogP contribution in [-0.2, 0) is 5.60 Å². The number of rotatable bonds is 5. The molecule has 1 fully saturated rings. The summed E-state index contributed by atoms with van der Waals surface area (Å²) in [4.78, 5) is 4.92. The van der Waals surface area contributed by atoms with Crippen molar-refractivity contribution in [3.63, 3.8) is 0 Å². The normalized spacial score (nSPS) is 20.8. The highest BCUT2D eigenvalue weighted by Crippen LogP contribution is 2.49. The fourth-order valence-electron chi connectivity index (χ4n) is 4.79. The van der Waals surface area contributed by atoms with E-state index in [9.17, 15) is 5.11 Å². The summed E-state index contributed by atoms with van der Waals surface area (Å²) in [5.74, 6) is 1.76. The van der Waals surface area contributed by atoms with Crippen LogP contribution in [0, 0.1) is 0 Å². The van der Waals surface area contributed by atoms with Gasteiger partial charge >= 0.3 is 0 Å². The summed E-state index contributed by atoms with van der Waals surface area (Å²) >= 11 is 0. The zero-order chi connectivity index (χ0) is 22.0. The quantitative estimate of drug-likeness (QED) is 0.393. The summed E-state index contributed by atoms with van der Waals surface area (Å²) in [5, 5.41) is 12.1. The molecule has 0 radical (unpaired) electrons. The van der Waals surface area contributed by atoms with E-state index in [0.29, 0.717) is 18.1 Å². The Bertz CT molecular complexity index is 1130. The minimum atomic E-state index is -1.18. The first-order valence-corrected chi connectivity index (χ1v) is 11.2. The number of nitrogens with zero attached hydrogens (tertiary/aromatic N) is 1. The summed E-state index contributed by atoms with van der Waals surface area (Å²) in [6.45, 7) is 0. The van der Waals surface area contributed by atoms with Crippen molar-refractivity contribution in [2.45, 2.75) is 37.2 Å². The Balaban J connectivity index is 1.64. The Morgan fingerprint density at radius 3 is 2.34 bits per heavy atom. The van der Waals surface area contributed by atoms with Gasteiger partial charge in [-0.25, -0.2) is 4.98 Å². The van der Waals surface area contributed by atoms with Gasteiger partial charge in [-0.05, 0) is 37.0 Å². The van der Waals surface area contributed by atoms with Crippen LogP contribution in [0.1, 0.15) is 43.1 Å². The maximum absolute atomic E-state index is 12.1. The van der Waals surface area contributed by atoms with E-state index in [1.54, 1.807) is 7.11 Å². The second-order valence-electron chi connectivity index (χ2n) is 8.43. The highest BCUT2D eigenvalue weighted by atomic mass is 16.5. The Kier molecular flexibility index (Phi) is 5.54. The van der Waals surface area contributed by atoms with E-state index in [-0.39, 0.29) is 5.92 Å². The summed E-state index contributed by atoms with van der Waals surface area (Å²) in [6.07, 6.45) is 3.47. The third kappa shape index (κ3) is 3.71. The van der Waals surface area contributed by atoms with Crippen molar-refractivity contribution >= 4 is 0 Å². The maximum atomic E-state index is 12.1. The first-order chi connectivity index (χ1) is 15.7. The van der Waals surface area contributed by atoms with Gasteiger partial charge in [0.1, 0.15) is 17.0 Å². The highest BCUT2D eigenvalue weighted by Gasteiger charge is 2.46. The third-order valence-corrected chi connectivity index (χ3v) is 6.45. The summed E-state index contributed by atoms with van der Waals surface area (Å²) < 4.78 is 11.9. The summed E-state index contributed by atoms with van der Waals surface area (Å²) in [7, 11) is 1.67. The lowest BCUT2D eigenvalue weighted by Gasteiger charge is -2.38. The monoisotopic (exact) mass is 425 g/mol. The Hall–Kier alpha value is -3.37. The van der Waals surface area contributed by atoms with Crippen molar-refractivity contribution in [3.8, 4) is 28.3 Å². The van der Waals surface area contributed by atoms with Gasteiger partial charge in [0.15, 0.2) is 5.76 Å². The van der Waals surface area contributed by atoms with Crippen LogP contribution in [0.3, 0.4) is 0 Å². The molecule has 5 rings (SSSR count). The van der Waals surface area contributed by atoms with Gasteiger partial charge in [0.25, 0.3) is 0 Å². The molecule has 4 aromatic rings. The number of oxazole rings is 1. The molecule has 2 atom stereocenters. The van der Waals surface area contributed by atoms with Crippen LogP contribution in [-0.4, -0.2) is 17.2 Å². The highest BCUT2D eigenvalue weighted by molar-refractivity contribution is 5.76. The van der Waals surface area contributed by atoms with Crippen molar-refractivity contribution in [1.29, 1.82) is 0 Å². The minimum absolute atomic E-state index is 0.114. The molecule has 3 aromatic carbocycles. The molecule has 1 saturated carbocycles. The van der Waals surface area contributed by atoms with Gasteiger partial charge in [-0.1, -0.05) is 79.2 Å². The lowest BCUT2D eigenvalue weighted by molar-refractivity contribution is -0.0445. The molecule has 1 N–H and O–H groups in total. The minimum Gasteiger partial charge on any atom is -0.497 e. The zero-order valence-electron chi connectivity index (χ0n) is 18.2. The SMILES string of the molecule is COc1cccc(C2CCCCC2(O)c2nc(-c3ccccc3)c(-c3ccccc3)o2)c1. The fourth-order valence-corrected chi connectivity index (χ4v) is 4.79. The van der Waals surface area contributed by atoms with Gasteiger partial charge in [-0.3, -0.25) is 0 Å². The molecule has 1 aliphatic rings. The molecule has 0 amide bonds. The number of aliphatic hydroxyl groups is 1. The first kappa shape index (κ1) is 20.5. The maximum Gasteiger partial charge on any atom is 0.228 e. The van der Waals surface area contributed by atoms with Gasteiger partial charge in [0.2, 0.25) is 5.89 Å². The molecule has 0 aliphatic heterocycles. The van der Waals surface area contributed by atoms with Crippen LogP contribution in [0.25, 0.3) is 22.6 Å². The zero-order valence-corrected chi connectivity index (χ0v) is 18.2. The molecule has 1 heterocycles. The van der Waals surface area contributed by atoms with Crippen LogP contribution in [0.15, 0.2) is 89.3 Å². The first-order valence-electron chi connectivity index (χ1n) is 11.2. The molecular weight excluding hydrogens is 398 g/mol. The molecule has 1 aliphatic carbocycles. The largest absolute Gasteiger partial charge is 0.497 e. The predicted molar refractivity (Wildman–Crippen MR) is 125 cm³/mol. The van der Waals surface area contributed by atoms with Gasteiger partial charge < -0.3 is 14.3 Å². The Labute approximate surface area is 188 Å². The Morgan fingerprint density at radius 2 is 1.62 bits per heavy atom. The topological polar surface area (TPSA) is 55.5 Å². The fraction of sp³-hybridized carbons (Fsp3) is 0.250. The van der Waals surface area contributed by atoms with Crippen LogP contribution in [0.5, 0.6) is 5.75 Å². The van der Waals surface area contributed by atoms with Gasteiger partial charge in [-0.15, -0.1) is 0 Å². The summed E-state index contributed by atoms with van der Waals surface area (Å²) in [6, 6.07) is 28.0. The molecule has 0 spiro atoms. The second kappa shape index (κ2) is 8.64. The van der Waals surface area contributed by atoms with E-state index in [0.717, 1.165) is 47.4 Å². The van der Waals surface area contributed by atoms with E-state index in [4.69, 9.17) is 14.1 Å². The molecule has 0 saturated heterocycles. The number of benzene rings is 3. The van der Waals surface area contributed by atoms with Crippen LogP contribution in [0.2, 0.25) is 0 Å². The van der Waals surface area contributed by atoms with E-state index in [2.05, 4.69) is 6.07 Å². The number of aromatic nitrogens is 1. The molecule has 162 valence electrons. The summed E-state index contributed by atoms with van der Waals surface area (Å²) in [5.41, 5.74) is 2.55. The molecule has 0 bridgehead atoms. The number of hydrogen-bond acceptors (Lipinski definition) is 4. The van der Waals surface area contributed by atoms with Gasteiger partial charge in [-0.2, -0.15) is 0 Å². The molecule has 4 heteroatoms. The van der Waals surface area contributed by atoms with Gasteiger partial charge in [0.05, 0.1) is 7.11 Å². The number of hydrogen-bond donors (Lipinski definition) is 1. The van der Waals surface area contributed by atoms with E-state index >= 15 is 0 Å².